The van der Waals surface area contributed by atoms with Crippen LogP contribution in [-0.2, 0) is 4.79 Å². The maximum Gasteiger partial charge on any atom is 0.244 e. The highest BCUT2D eigenvalue weighted by atomic mass is 16.1. The number of aromatic nitrogens is 2. The lowest BCUT2D eigenvalue weighted by molar-refractivity contribution is -0.118. The predicted octanol–water partition coefficient (Wildman–Crippen LogP) is 0.633. The van der Waals surface area contributed by atoms with Crippen molar-refractivity contribution in [3.8, 4) is 0 Å². The fraction of sp³-hybridized carbons (Fsp3) is 0.538. The minimum atomic E-state index is -0.0169. The minimum Gasteiger partial charge on any atom is -0.351 e. The average Bonchev–Trinajstić information content (AvgIpc) is 2.91. The van der Waals surface area contributed by atoms with E-state index >= 15 is 0 Å². The van der Waals surface area contributed by atoms with E-state index in [1.807, 2.05) is 0 Å². The molecule has 2 bridgehead atoms. The van der Waals surface area contributed by atoms with Gasteiger partial charge in [0.2, 0.25) is 5.91 Å². The number of hydrogen-bond donors (Lipinski definition) is 2. The molecule has 5 nitrogen and oxygen atoms in total. The van der Waals surface area contributed by atoms with Crippen LogP contribution in [0, 0.1) is 5.92 Å². The molecule has 96 valence electrons. The molecule has 1 unspecified atom stereocenters. The molecule has 3 aliphatic rings. The van der Waals surface area contributed by atoms with Gasteiger partial charge in [0, 0.05) is 24.9 Å². The van der Waals surface area contributed by atoms with Crippen LogP contribution in [-0.4, -0.2) is 46.5 Å². The summed E-state index contributed by atoms with van der Waals surface area (Å²) in [5.74, 6) is 0.648. The molecule has 2 N–H and O–H groups in total. The first-order chi connectivity index (χ1) is 8.81. The number of nitrogens with one attached hydrogen (secondary N) is 2. The fourth-order valence-electron chi connectivity index (χ4n) is 2.88. The van der Waals surface area contributed by atoms with Crippen LogP contribution in [0.4, 0.5) is 0 Å². The molecule has 3 aliphatic heterocycles. The summed E-state index contributed by atoms with van der Waals surface area (Å²) in [7, 11) is 0. The maximum atomic E-state index is 11.8. The SMILES string of the molecule is O=C(C=Cc1c[nH]cn1)NC1CN2CCC1CC2. The van der Waals surface area contributed by atoms with Gasteiger partial charge in [-0.25, -0.2) is 4.98 Å². The van der Waals surface area contributed by atoms with Crippen molar-refractivity contribution >= 4 is 12.0 Å². The topological polar surface area (TPSA) is 61.0 Å². The van der Waals surface area contributed by atoms with Crippen LogP contribution < -0.4 is 5.32 Å². The molecule has 1 amide bonds. The van der Waals surface area contributed by atoms with Gasteiger partial charge in [-0.3, -0.25) is 4.79 Å². The third-order valence-corrected chi connectivity index (χ3v) is 3.91. The molecular formula is C13H18N4O. The number of aromatic amines is 1. The lowest BCUT2D eigenvalue weighted by Gasteiger charge is -2.44. The van der Waals surface area contributed by atoms with Gasteiger partial charge in [-0.2, -0.15) is 0 Å². The Bertz CT molecular complexity index is 432. The molecule has 5 heteroatoms. The summed E-state index contributed by atoms with van der Waals surface area (Å²) >= 11 is 0. The van der Waals surface area contributed by atoms with Gasteiger partial charge in [0.25, 0.3) is 0 Å². The van der Waals surface area contributed by atoms with E-state index in [0.29, 0.717) is 12.0 Å². The van der Waals surface area contributed by atoms with Crippen molar-refractivity contribution in [2.75, 3.05) is 19.6 Å². The molecule has 4 rings (SSSR count). The second-order valence-corrected chi connectivity index (χ2v) is 5.08. The highest BCUT2D eigenvalue weighted by Gasteiger charge is 2.34. The molecule has 0 spiro atoms. The zero-order chi connectivity index (χ0) is 12.4. The van der Waals surface area contributed by atoms with Crippen LogP contribution in [0.3, 0.4) is 0 Å². The number of carbonyl (C=O) groups excluding carboxylic acids is 1. The average molecular weight is 246 g/mol. The number of piperidine rings is 3. The highest BCUT2D eigenvalue weighted by molar-refractivity contribution is 5.91. The highest BCUT2D eigenvalue weighted by Crippen LogP contribution is 2.27. The number of amides is 1. The molecule has 1 aromatic rings. The zero-order valence-electron chi connectivity index (χ0n) is 10.3. The van der Waals surface area contributed by atoms with Crippen LogP contribution in [0.25, 0.3) is 6.08 Å². The van der Waals surface area contributed by atoms with Crippen molar-refractivity contribution < 1.29 is 4.79 Å². The number of hydrogen-bond acceptors (Lipinski definition) is 3. The monoisotopic (exact) mass is 246 g/mol. The quantitative estimate of drug-likeness (QED) is 0.769. The molecule has 0 radical (unpaired) electrons. The Morgan fingerprint density at radius 3 is 2.94 bits per heavy atom. The molecule has 0 saturated carbocycles. The number of H-pyrrole nitrogens is 1. The second-order valence-electron chi connectivity index (χ2n) is 5.08. The van der Waals surface area contributed by atoms with Crippen molar-refractivity contribution in [1.82, 2.24) is 20.2 Å². The van der Waals surface area contributed by atoms with E-state index in [4.69, 9.17) is 0 Å². The van der Waals surface area contributed by atoms with Gasteiger partial charge >= 0.3 is 0 Å². The van der Waals surface area contributed by atoms with Crippen molar-refractivity contribution in [2.24, 2.45) is 5.92 Å². The summed E-state index contributed by atoms with van der Waals surface area (Å²) in [5.41, 5.74) is 0.777. The third kappa shape index (κ3) is 2.46. The van der Waals surface area contributed by atoms with E-state index in [1.54, 1.807) is 24.7 Å². The summed E-state index contributed by atoms with van der Waals surface area (Å²) in [6, 6.07) is 0.323. The van der Waals surface area contributed by atoms with Crippen LogP contribution in [0.5, 0.6) is 0 Å². The second kappa shape index (κ2) is 4.94. The molecular weight excluding hydrogens is 228 g/mol. The molecule has 3 fully saturated rings. The van der Waals surface area contributed by atoms with Crippen molar-refractivity contribution in [3.05, 3.63) is 24.3 Å². The Kier molecular flexibility index (Phi) is 3.15. The Hall–Kier alpha value is -1.62. The van der Waals surface area contributed by atoms with E-state index in [0.717, 1.165) is 12.2 Å². The molecule has 18 heavy (non-hydrogen) atoms. The van der Waals surface area contributed by atoms with Crippen LogP contribution in [0.1, 0.15) is 18.5 Å². The Morgan fingerprint density at radius 2 is 2.33 bits per heavy atom. The van der Waals surface area contributed by atoms with Gasteiger partial charge in [-0.05, 0) is 37.9 Å². The summed E-state index contributed by atoms with van der Waals surface area (Å²) in [6.07, 6.45) is 9.09. The van der Waals surface area contributed by atoms with E-state index < -0.39 is 0 Å². The largest absolute Gasteiger partial charge is 0.351 e. The van der Waals surface area contributed by atoms with E-state index in [2.05, 4.69) is 20.2 Å². The number of imidazole rings is 1. The van der Waals surface area contributed by atoms with Crippen LogP contribution in [0.15, 0.2) is 18.6 Å². The lowest BCUT2D eigenvalue weighted by Crippen LogP contribution is -2.57. The molecule has 4 heterocycles. The molecule has 3 saturated heterocycles. The zero-order valence-corrected chi connectivity index (χ0v) is 10.3. The number of nitrogens with zero attached hydrogens (tertiary/aromatic N) is 2. The normalized spacial score (nSPS) is 30.8. The first-order valence-corrected chi connectivity index (χ1v) is 6.51. The lowest BCUT2D eigenvalue weighted by atomic mass is 9.84. The smallest absolute Gasteiger partial charge is 0.244 e. The van der Waals surface area contributed by atoms with Gasteiger partial charge in [-0.1, -0.05) is 0 Å². The minimum absolute atomic E-state index is 0.0169. The van der Waals surface area contributed by atoms with Gasteiger partial charge in [0.15, 0.2) is 0 Å². The van der Waals surface area contributed by atoms with Crippen molar-refractivity contribution in [3.63, 3.8) is 0 Å². The summed E-state index contributed by atoms with van der Waals surface area (Å²) in [5, 5.41) is 3.11. The van der Waals surface area contributed by atoms with Gasteiger partial charge in [0.05, 0.1) is 12.0 Å². The first kappa shape index (κ1) is 11.5. The molecule has 0 aromatic carbocycles. The number of carbonyl (C=O) groups is 1. The summed E-state index contributed by atoms with van der Waals surface area (Å²) in [4.78, 5) is 21.2. The van der Waals surface area contributed by atoms with E-state index in [1.165, 1.54) is 25.9 Å². The van der Waals surface area contributed by atoms with Crippen molar-refractivity contribution in [2.45, 2.75) is 18.9 Å². The Balaban J connectivity index is 1.55. The molecule has 1 atom stereocenters. The molecule has 0 aliphatic carbocycles. The number of fused-ring (bicyclic) bond motifs is 3. The first-order valence-electron chi connectivity index (χ1n) is 6.51. The van der Waals surface area contributed by atoms with E-state index in [9.17, 15) is 4.79 Å². The van der Waals surface area contributed by atoms with Crippen LogP contribution >= 0.6 is 0 Å². The Labute approximate surface area is 106 Å². The third-order valence-electron chi connectivity index (χ3n) is 3.91. The maximum absolute atomic E-state index is 11.8. The Morgan fingerprint density at radius 1 is 1.50 bits per heavy atom. The summed E-state index contributed by atoms with van der Waals surface area (Å²) < 4.78 is 0. The van der Waals surface area contributed by atoms with Gasteiger partial charge in [0.1, 0.15) is 0 Å². The van der Waals surface area contributed by atoms with Gasteiger partial charge < -0.3 is 15.2 Å². The molecule has 1 aromatic heterocycles. The van der Waals surface area contributed by atoms with Crippen molar-refractivity contribution in [1.29, 1.82) is 0 Å². The van der Waals surface area contributed by atoms with E-state index in [-0.39, 0.29) is 5.91 Å². The fourth-order valence-corrected chi connectivity index (χ4v) is 2.88. The number of rotatable bonds is 3. The standard InChI is InChI=1S/C13H18N4O/c18-13(2-1-11-7-14-9-15-11)16-12-8-17-5-3-10(12)4-6-17/h1-2,7,9-10,12H,3-6,8H2,(H,14,15)(H,16,18). The predicted molar refractivity (Wildman–Crippen MR) is 68.7 cm³/mol. The van der Waals surface area contributed by atoms with Crippen LogP contribution in [0.2, 0.25) is 0 Å². The van der Waals surface area contributed by atoms with Gasteiger partial charge in [-0.15, -0.1) is 0 Å². The summed E-state index contributed by atoms with van der Waals surface area (Å²) in [6.45, 7) is 3.40.